The largest absolute Gasteiger partial charge is 0.388 e. The number of nitrogens with one attached hydrogen (secondary N) is 1. The Morgan fingerprint density at radius 3 is 2.43 bits per heavy atom. The zero-order valence-electron chi connectivity index (χ0n) is 12.7. The van der Waals surface area contributed by atoms with Crippen molar-refractivity contribution in [1.29, 1.82) is 0 Å². The number of hydrogen-bond acceptors (Lipinski definition) is 1. The van der Waals surface area contributed by atoms with E-state index in [4.69, 9.17) is 0 Å². The van der Waals surface area contributed by atoms with E-state index in [0.29, 0.717) is 0 Å². The molecule has 1 aliphatic carbocycles. The predicted octanol–water partition coefficient (Wildman–Crippen LogP) is 5.19. The molecule has 0 bridgehead atoms. The average Bonchev–Trinajstić information content (AvgIpc) is 2.76. The van der Waals surface area contributed by atoms with Crippen molar-refractivity contribution in [2.75, 3.05) is 12.4 Å². The maximum atomic E-state index is 3.40. The highest BCUT2D eigenvalue weighted by molar-refractivity contribution is 6.03. The first-order valence-electron chi connectivity index (χ1n) is 7.48. The smallest absolute Gasteiger partial charge is 0.0426 e. The highest BCUT2D eigenvalue weighted by atomic mass is 14.8. The fourth-order valence-corrected chi connectivity index (χ4v) is 3.85. The van der Waals surface area contributed by atoms with Gasteiger partial charge in [-0.25, -0.2) is 0 Å². The molecule has 0 aliphatic heterocycles. The molecule has 0 saturated carbocycles. The Kier molecular flexibility index (Phi) is 2.44. The molecule has 0 atom stereocenters. The SMILES string of the molecule is CNc1cc2ccccc2c2c1-c1ccccc1C2(C)C. The number of rotatable bonds is 1. The van der Waals surface area contributed by atoms with Gasteiger partial charge in [-0.15, -0.1) is 0 Å². The van der Waals surface area contributed by atoms with Crippen LogP contribution in [-0.4, -0.2) is 7.05 Å². The molecule has 0 heterocycles. The summed E-state index contributed by atoms with van der Waals surface area (Å²) in [6, 6.07) is 19.8. The summed E-state index contributed by atoms with van der Waals surface area (Å²) in [6.45, 7) is 4.67. The van der Waals surface area contributed by atoms with Gasteiger partial charge in [0.15, 0.2) is 0 Å². The molecule has 0 unspecified atom stereocenters. The van der Waals surface area contributed by atoms with Crippen LogP contribution < -0.4 is 5.32 Å². The third-order valence-corrected chi connectivity index (χ3v) is 4.81. The standard InChI is InChI=1S/C20H19N/c1-20(2)16-11-7-6-10-15(16)18-17(21-3)12-13-8-4-5-9-14(13)19(18)20/h4-12,21H,1-3H3. The lowest BCUT2D eigenvalue weighted by Gasteiger charge is -2.23. The van der Waals surface area contributed by atoms with Crippen molar-refractivity contribution in [2.24, 2.45) is 0 Å². The van der Waals surface area contributed by atoms with Gasteiger partial charge in [0.05, 0.1) is 0 Å². The Morgan fingerprint density at radius 2 is 1.62 bits per heavy atom. The Bertz CT molecular complexity index is 859. The lowest BCUT2D eigenvalue weighted by Crippen LogP contribution is -2.15. The molecule has 0 amide bonds. The predicted molar refractivity (Wildman–Crippen MR) is 91.1 cm³/mol. The fraction of sp³-hybridized carbons (Fsp3) is 0.200. The first kappa shape index (κ1) is 12.5. The maximum Gasteiger partial charge on any atom is 0.0426 e. The molecule has 0 aromatic heterocycles. The van der Waals surface area contributed by atoms with Gasteiger partial charge in [-0.3, -0.25) is 0 Å². The topological polar surface area (TPSA) is 12.0 Å². The van der Waals surface area contributed by atoms with Crippen LogP contribution in [0, 0.1) is 0 Å². The summed E-state index contributed by atoms with van der Waals surface area (Å²) in [7, 11) is 2.01. The van der Waals surface area contributed by atoms with Gasteiger partial charge in [-0.2, -0.15) is 0 Å². The number of fused-ring (bicyclic) bond motifs is 5. The minimum Gasteiger partial charge on any atom is -0.388 e. The fourth-order valence-electron chi connectivity index (χ4n) is 3.85. The van der Waals surface area contributed by atoms with E-state index in [9.17, 15) is 0 Å². The summed E-state index contributed by atoms with van der Waals surface area (Å²) in [5, 5.41) is 6.07. The molecular formula is C20H19N. The number of hydrogen-bond donors (Lipinski definition) is 1. The molecule has 1 heteroatoms. The lowest BCUT2D eigenvalue weighted by atomic mass is 9.80. The summed E-state index contributed by atoms with van der Waals surface area (Å²) in [6.07, 6.45) is 0. The van der Waals surface area contributed by atoms with Crippen molar-refractivity contribution in [3.05, 3.63) is 65.7 Å². The Morgan fingerprint density at radius 1 is 0.905 bits per heavy atom. The van der Waals surface area contributed by atoms with Crippen LogP contribution in [0.1, 0.15) is 25.0 Å². The van der Waals surface area contributed by atoms with Crippen molar-refractivity contribution in [3.63, 3.8) is 0 Å². The van der Waals surface area contributed by atoms with Gasteiger partial charge in [0, 0.05) is 23.7 Å². The van der Waals surface area contributed by atoms with Crippen molar-refractivity contribution < 1.29 is 0 Å². The number of anilines is 1. The molecule has 3 aromatic carbocycles. The molecular weight excluding hydrogens is 254 g/mol. The van der Waals surface area contributed by atoms with Crippen LogP contribution in [0.25, 0.3) is 21.9 Å². The Labute approximate surface area is 125 Å². The first-order chi connectivity index (χ1) is 10.1. The Hall–Kier alpha value is -2.28. The molecule has 104 valence electrons. The molecule has 4 rings (SSSR count). The van der Waals surface area contributed by atoms with Crippen LogP contribution in [-0.2, 0) is 5.41 Å². The van der Waals surface area contributed by atoms with Crippen LogP contribution in [0.4, 0.5) is 5.69 Å². The summed E-state index contributed by atoms with van der Waals surface area (Å²) in [5.41, 5.74) is 6.88. The quantitative estimate of drug-likeness (QED) is 0.643. The monoisotopic (exact) mass is 273 g/mol. The second-order valence-electron chi connectivity index (χ2n) is 6.32. The van der Waals surface area contributed by atoms with E-state index in [1.807, 2.05) is 7.05 Å². The van der Waals surface area contributed by atoms with Crippen LogP contribution in [0.5, 0.6) is 0 Å². The van der Waals surface area contributed by atoms with E-state index < -0.39 is 0 Å². The molecule has 1 N–H and O–H groups in total. The molecule has 0 fully saturated rings. The van der Waals surface area contributed by atoms with Crippen molar-refractivity contribution >= 4 is 16.5 Å². The third kappa shape index (κ3) is 1.52. The highest BCUT2D eigenvalue weighted by Gasteiger charge is 2.37. The molecule has 3 aromatic rings. The van der Waals surface area contributed by atoms with Crippen LogP contribution >= 0.6 is 0 Å². The van der Waals surface area contributed by atoms with Crippen LogP contribution in [0.3, 0.4) is 0 Å². The Balaban J connectivity index is 2.24. The molecule has 1 aliphatic rings. The minimum atomic E-state index is 0.0401. The first-order valence-corrected chi connectivity index (χ1v) is 7.48. The molecule has 0 radical (unpaired) electrons. The maximum absolute atomic E-state index is 3.40. The summed E-state index contributed by atoms with van der Waals surface area (Å²) in [5.74, 6) is 0. The van der Waals surface area contributed by atoms with E-state index in [1.165, 1.54) is 38.7 Å². The molecule has 1 nitrogen and oxygen atoms in total. The lowest BCUT2D eigenvalue weighted by molar-refractivity contribution is 0.666. The summed E-state index contributed by atoms with van der Waals surface area (Å²) < 4.78 is 0. The molecule has 21 heavy (non-hydrogen) atoms. The van der Waals surface area contributed by atoms with Crippen molar-refractivity contribution in [2.45, 2.75) is 19.3 Å². The third-order valence-electron chi connectivity index (χ3n) is 4.81. The van der Waals surface area contributed by atoms with Gasteiger partial charge in [0.2, 0.25) is 0 Å². The van der Waals surface area contributed by atoms with Gasteiger partial charge in [0.25, 0.3) is 0 Å². The van der Waals surface area contributed by atoms with E-state index in [2.05, 4.69) is 73.8 Å². The zero-order chi connectivity index (χ0) is 14.6. The van der Waals surface area contributed by atoms with E-state index in [0.717, 1.165) is 0 Å². The number of benzene rings is 3. The second-order valence-corrected chi connectivity index (χ2v) is 6.32. The molecule has 0 spiro atoms. The van der Waals surface area contributed by atoms with Crippen molar-refractivity contribution in [1.82, 2.24) is 0 Å². The molecule has 0 saturated heterocycles. The highest BCUT2D eigenvalue weighted by Crippen LogP contribution is 2.53. The van der Waals surface area contributed by atoms with Gasteiger partial charge in [-0.1, -0.05) is 62.4 Å². The second kappa shape index (κ2) is 4.11. The van der Waals surface area contributed by atoms with Gasteiger partial charge in [0.1, 0.15) is 0 Å². The van der Waals surface area contributed by atoms with E-state index in [-0.39, 0.29) is 5.41 Å². The minimum absolute atomic E-state index is 0.0401. The summed E-state index contributed by atoms with van der Waals surface area (Å²) in [4.78, 5) is 0. The summed E-state index contributed by atoms with van der Waals surface area (Å²) >= 11 is 0. The zero-order valence-corrected chi connectivity index (χ0v) is 12.7. The van der Waals surface area contributed by atoms with E-state index >= 15 is 0 Å². The van der Waals surface area contributed by atoms with Gasteiger partial charge >= 0.3 is 0 Å². The van der Waals surface area contributed by atoms with Gasteiger partial charge < -0.3 is 5.32 Å². The normalized spacial score (nSPS) is 14.8. The van der Waals surface area contributed by atoms with Crippen molar-refractivity contribution in [3.8, 4) is 11.1 Å². The van der Waals surface area contributed by atoms with E-state index in [1.54, 1.807) is 0 Å². The average molecular weight is 273 g/mol. The van der Waals surface area contributed by atoms with Gasteiger partial charge in [-0.05, 0) is 33.5 Å². The van der Waals surface area contributed by atoms with Crippen LogP contribution in [0.15, 0.2) is 54.6 Å². The van der Waals surface area contributed by atoms with Crippen LogP contribution in [0.2, 0.25) is 0 Å².